The molecule has 0 aliphatic heterocycles. The summed E-state index contributed by atoms with van der Waals surface area (Å²) >= 11 is 6.11. The molecule has 3 nitrogen and oxygen atoms in total. The summed E-state index contributed by atoms with van der Waals surface area (Å²) in [4.78, 5) is 4.48. The molecule has 0 saturated heterocycles. The van der Waals surface area contributed by atoms with Crippen LogP contribution in [-0.2, 0) is 12.8 Å². The quantitative estimate of drug-likeness (QED) is 0.655. The van der Waals surface area contributed by atoms with E-state index in [2.05, 4.69) is 35.5 Å². The highest BCUT2D eigenvalue weighted by atomic mass is 35.5. The van der Waals surface area contributed by atoms with Crippen molar-refractivity contribution in [2.75, 3.05) is 0 Å². The molecule has 0 fully saturated rings. The summed E-state index contributed by atoms with van der Waals surface area (Å²) < 4.78 is 0. The van der Waals surface area contributed by atoms with Gasteiger partial charge in [0.15, 0.2) is 0 Å². The summed E-state index contributed by atoms with van der Waals surface area (Å²) in [6.07, 6.45) is 3.66. The van der Waals surface area contributed by atoms with Crippen molar-refractivity contribution in [1.82, 2.24) is 10.4 Å². The average Bonchev–Trinajstić information content (AvgIpc) is 2.44. The van der Waals surface area contributed by atoms with Crippen molar-refractivity contribution in [3.8, 4) is 0 Å². The van der Waals surface area contributed by atoms with Gasteiger partial charge in [-0.05, 0) is 48.2 Å². The third-order valence-electron chi connectivity index (χ3n) is 3.38. The molecule has 1 aromatic carbocycles. The molecule has 0 amide bonds. The van der Waals surface area contributed by atoms with Gasteiger partial charge in [-0.25, -0.2) is 0 Å². The lowest BCUT2D eigenvalue weighted by Crippen LogP contribution is -2.29. The maximum absolute atomic E-state index is 6.11. The van der Waals surface area contributed by atoms with Crippen LogP contribution in [-0.4, -0.2) is 4.98 Å². The summed E-state index contributed by atoms with van der Waals surface area (Å²) in [6.45, 7) is 4.15. The Hall–Kier alpha value is -1.42. The number of pyridine rings is 1. The van der Waals surface area contributed by atoms with E-state index >= 15 is 0 Å². The first-order chi connectivity index (χ1) is 9.62. The molecule has 1 heterocycles. The molecule has 106 valence electrons. The predicted molar refractivity (Wildman–Crippen MR) is 83.6 cm³/mol. The Morgan fingerprint density at radius 2 is 2.10 bits per heavy atom. The van der Waals surface area contributed by atoms with Crippen LogP contribution >= 0.6 is 11.6 Å². The number of halogens is 1. The lowest BCUT2D eigenvalue weighted by molar-refractivity contribution is 0.545. The first-order valence-corrected chi connectivity index (χ1v) is 7.17. The fraction of sp³-hybridized carbons (Fsp3) is 0.312. The van der Waals surface area contributed by atoms with Crippen molar-refractivity contribution in [2.45, 2.75) is 32.7 Å². The van der Waals surface area contributed by atoms with E-state index in [1.807, 2.05) is 25.3 Å². The number of aryl methyl sites for hydroxylation is 2. The number of benzene rings is 1. The Kier molecular flexibility index (Phi) is 5.12. The molecule has 1 unspecified atom stereocenters. The number of nitrogens with one attached hydrogen (secondary N) is 1. The van der Waals surface area contributed by atoms with Crippen molar-refractivity contribution in [3.63, 3.8) is 0 Å². The molecule has 0 saturated carbocycles. The van der Waals surface area contributed by atoms with Gasteiger partial charge in [-0.15, -0.1) is 0 Å². The smallest absolute Gasteiger partial charge is 0.0515 e. The Labute approximate surface area is 125 Å². The summed E-state index contributed by atoms with van der Waals surface area (Å²) in [5.41, 5.74) is 7.32. The zero-order valence-corrected chi connectivity index (χ0v) is 12.6. The Morgan fingerprint density at radius 3 is 2.65 bits per heavy atom. The molecule has 3 N–H and O–H groups in total. The van der Waals surface area contributed by atoms with Crippen molar-refractivity contribution < 1.29 is 0 Å². The Bertz CT molecular complexity index is 546. The van der Waals surface area contributed by atoms with E-state index < -0.39 is 0 Å². The van der Waals surface area contributed by atoms with Gasteiger partial charge in [-0.2, -0.15) is 0 Å². The van der Waals surface area contributed by atoms with E-state index in [0.29, 0.717) is 0 Å². The number of hydrogen-bond acceptors (Lipinski definition) is 3. The van der Waals surface area contributed by atoms with Crippen LogP contribution in [0.25, 0.3) is 0 Å². The summed E-state index contributed by atoms with van der Waals surface area (Å²) in [5.74, 6) is 5.69. The minimum absolute atomic E-state index is 0.00683. The lowest BCUT2D eigenvalue weighted by Gasteiger charge is -2.17. The summed E-state index contributed by atoms with van der Waals surface area (Å²) in [6, 6.07) is 10.1. The van der Waals surface area contributed by atoms with Gasteiger partial charge in [0.2, 0.25) is 0 Å². The fourth-order valence-corrected chi connectivity index (χ4v) is 2.53. The minimum Gasteiger partial charge on any atom is -0.271 e. The molecule has 1 atom stereocenters. The van der Waals surface area contributed by atoms with E-state index in [0.717, 1.165) is 34.7 Å². The molecular weight excluding hydrogens is 270 g/mol. The molecule has 0 aliphatic rings. The van der Waals surface area contributed by atoms with Gasteiger partial charge in [0.1, 0.15) is 0 Å². The molecule has 0 bridgehead atoms. The molecule has 2 rings (SSSR count). The van der Waals surface area contributed by atoms with Crippen LogP contribution in [0.4, 0.5) is 0 Å². The zero-order chi connectivity index (χ0) is 14.5. The maximum atomic E-state index is 6.11. The van der Waals surface area contributed by atoms with Gasteiger partial charge >= 0.3 is 0 Å². The van der Waals surface area contributed by atoms with Gasteiger partial charge in [-0.1, -0.05) is 30.7 Å². The Morgan fingerprint density at radius 1 is 1.30 bits per heavy atom. The molecule has 0 aliphatic carbocycles. The molecular formula is C16H20ClN3. The van der Waals surface area contributed by atoms with Gasteiger partial charge in [0, 0.05) is 23.3 Å². The number of aromatic nitrogens is 1. The second-order valence-corrected chi connectivity index (χ2v) is 5.43. The SMILES string of the molecule is CCc1ccc(CC(NN)c2cc(C)cc(Cl)c2)nc1. The molecule has 2 aromatic rings. The Balaban J connectivity index is 2.19. The number of nitrogens with two attached hydrogens (primary N) is 1. The van der Waals surface area contributed by atoms with Crippen molar-refractivity contribution in [3.05, 3.63) is 63.9 Å². The minimum atomic E-state index is 0.00683. The van der Waals surface area contributed by atoms with E-state index in [-0.39, 0.29) is 6.04 Å². The van der Waals surface area contributed by atoms with Crippen LogP contribution < -0.4 is 11.3 Å². The monoisotopic (exact) mass is 289 g/mol. The average molecular weight is 290 g/mol. The van der Waals surface area contributed by atoms with E-state index in [1.165, 1.54) is 5.56 Å². The summed E-state index contributed by atoms with van der Waals surface area (Å²) in [7, 11) is 0. The van der Waals surface area contributed by atoms with Crippen LogP contribution in [0.5, 0.6) is 0 Å². The van der Waals surface area contributed by atoms with Crippen LogP contribution in [0.3, 0.4) is 0 Å². The van der Waals surface area contributed by atoms with Crippen LogP contribution in [0.15, 0.2) is 36.5 Å². The first kappa shape index (κ1) is 15.0. The van der Waals surface area contributed by atoms with Crippen molar-refractivity contribution in [1.29, 1.82) is 0 Å². The van der Waals surface area contributed by atoms with Gasteiger partial charge < -0.3 is 0 Å². The number of rotatable bonds is 5. The fourth-order valence-electron chi connectivity index (χ4n) is 2.23. The molecule has 4 heteroatoms. The summed E-state index contributed by atoms with van der Waals surface area (Å²) in [5, 5.41) is 0.731. The van der Waals surface area contributed by atoms with Crippen molar-refractivity contribution in [2.24, 2.45) is 5.84 Å². The highest BCUT2D eigenvalue weighted by molar-refractivity contribution is 6.30. The van der Waals surface area contributed by atoms with Gasteiger partial charge in [0.05, 0.1) is 6.04 Å². The molecule has 0 spiro atoms. The predicted octanol–water partition coefficient (Wildman–Crippen LogP) is 3.35. The second kappa shape index (κ2) is 6.84. The largest absolute Gasteiger partial charge is 0.271 e. The lowest BCUT2D eigenvalue weighted by atomic mass is 10.00. The molecule has 20 heavy (non-hydrogen) atoms. The molecule has 0 radical (unpaired) electrons. The number of nitrogens with zero attached hydrogens (tertiary/aromatic N) is 1. The van der Waals surface area contributed by atoms with Gasteiger partial charge in [-0.3, -0.25) is 16.3 Å². The van der Waals surface area contributed by atoms with Crippen LogP contribution in [0, 0.1) is 6.92 Å². The highest BCUT2D eigenvalue weighted by Crippen LogP contribution is 2.22. The third kappa shape index (κ3) is 3.79. The van der Waals surface area contributed by atoms with Gasteiger partial charge in [0.25, 0.3) is 0 Å². The number of hydrazine groups is 1. The maximum Gasteiger partial charge on any atom is 0.0515 e. The standard InChI is InChI=1S/C16H20ClN3/c1-3-12-4-5-15(19-10-12)9-16(20-18)13-6-11(2)7-14(17)8-13/h4-8,10,16,20H,3,9,18H2,1-2H3. The van der Waals surface area contributed by atoms with E-state index in [1.54, 1.807) is 0 Å². The molecule has 1 aromatic heterocycles. The van der Waals surface area contributed by atoms with Crippen LogP contribution in [0.1, 0.15) is 35.3 Å². The van der Waals surface area contributed by atoms with Crippen molar-refractivity contribution >= 4 is 11.6 Å². The van der Waals surface area contributed by atoms with E-state index in [9.17, 15) is 0 Å². The van der Waals surface area contributed by atoms with E-state index in [4.69, 9.17) is 17.4 Å². The van der Waals surface area contributed by atoms with Crippen LogP contribution in [0.2, 0.25) is 5.02 Å². The highest BCUT2D eigenvalue weighted by Gasteiger charge is 2.12. The number of hydrogen-bond donors (Lipinski definition) is 2. The third-order valence-corrected chi connectivity index (χ3v) is 3.59. The first-order valence-electron chi connectivity index (χ1n) is 6.79. The topological polar surface area (TPSA) is 50.9 Å². The zero-order valence-electron chi connectivity index (χ0n) is 11.9. The normalized spacial score (nSPS) is 12.4. The second-order valence-electron chi connectivity index (χ2n) is 5.00.